The summed E-state index contributed by atoms with van der Waals surface area (Å²) in [5.74, 6) is 2.41. The Balaban J connectivity index is 1.90. The summed E-state index contributed by atoms with van der Waals surface area (Å²) in [6, 6.07) is 9.90. The molecule has 2 rings (SSSR count). The average Bonchev–Trinajstić information content (AvgIpc) is 2.60. The first-order valence-corrected chi connectivity index (χ1v) is 8.35. The fourth-order valence-electron chi connectivity index (χ4n) is 2.05. The predicted octanol–water partition coefficient (Wildman–Crippen LogP) is 3.68. The van der Waals surface area contributed by atoms with Gasteiger partial charge in [-0.15, -0.1) is 6.42 Å². The minimum atomic E-state index is -4.51. The van der Waals surface area contributed by atoms with Gasteiger partial charge in [0.05, 0.1) is 5.56 Å². The zero-order valence-corrected chi connectivity index (χ0v) is 14.4. The lowest BCUT2D eigenvalue weighted by Gasteiger charge is -2.10. The Morgan fingerprint density at radius 3 is 2.65 bits per heavy atom. The van der Waals surface area contributed by atoms with E-state index in [1.165, 1.54) is 18.3 Å². The zero-order valence-electron chi connectivity index (χ0n) is 13.5. The molecule has 1 aromatic heterocycles. The molecule has 0 unspecified atom stereocenters. The molecule has 0 spiro atoms. The van der Waals surface area contributed by atoms with Crippen molar-refractivity contribution in [2.45, 2.75) is 17.0 Å². The van der Waals surface area contributed by atoms with Gasteiger partial charge in [0, 0.05) is 24.5 Å². The van der Waals surface area contributed by atoms with Crippen LogP contribution in [0.25, 0.3) is 0 Å². The number of halogens is 3. The predicted molar refractivity (Wildman–Crippen MR) is 93.0 cm³/mol. The van der Waals surface area contributed by atoms with E-state index in [-0.39, 0.29) is 23.7 Å². The van der Waals surface area contributed by atoms with Crippen LogP contribution in [0.5, 0.6) is 5.75 Å². The topological polar surface area (TPSA) is 51.2 Å². The van der Waals surface area contributed by atoms with Crippen LogP contribution in [0.3, 0.4) is 0 Å². The molecule has 1 amide bonds. The van der Waals surface area contributed by atoms with Gasteiger partial charge in [0.2, 0.25) is 0 Å². The molecule has 0 atom stereocenters. The highest BCUT2D eigenvalue weighted by atomic mass is 32.2. The molecule has 0 fully saturated rings. The van der Waals surface area contributed by atoms with E-state index in [4.69, 9.17) is 11.2 Å². The highest BCUT2D eigenvalue weighted by Crippen LogP contribution is 2.37. The molecule has 8 heteroatoms. The Labute approximate surface area is 153 Å². The van der Waals surface area contributed by atoms with E-state index in [9.17, 15) is 18.0 Å². The van der Waals surface area contributed by atoms with E-state index in [1.54, 1.807) is 12.1 Å². The van der Waals surface area contributed by atoms with Crippen molar-refractivity contribution in [2.75, 3.05) is 13.2 Å². The van der Waals surface area contributed by atoms with Crippen LogP contribution in [0.15, 0.2) is 47.6 Å². The number of nitrogens with one attached hydrogen (secondary N) is 1. The minimum absolute atomic E-state index is 0.104. The van der Waals surface area contributed by atoms with E-state index in [2.05, 4.69) is 16.2 Å². The van der Waals surface area contributed by atoms with Crippen molar-refractivity contribution < 1.29 is 22.7 Å². The van der Waals surface area contributed by atoms with Crippen molar-refractivity contribution in [1.29, 1.82) is 0 Å². The fourth-order valence-corrected chi connectivity index (χ4v) is 2.65. The summed E-state index contributed by atoms with van der Waals surface area (Å²) in [5, 5.41) is 2.24. The molecular formula is C18H15F3N2O2S. The average molecular weight is 380 g/mol. The van der Waals surface area contributed by atoms with E-state index in [0.717, 1.165) is 5.56 Å². The highest BCUT2D eigenvalue weighted by Gasteiger charge is 2.32. The van der Waals surface area contributed by atoms with E-state index < -0.39 is 23.2 Å². The van der Waals surface area contributed by atoms with Gasteiger partial charge in [-0.3, -0.25) is 4.79 Å². The molecule has 4 nitrogen and oxygen atoms in total. The first-order chi connectivity index (χ1) is 12.4. The number of hydrogen-bond donors (Lipinski definition) is 1. The maximum absolute atomic E-state index is 12.5. The summed E-state index contributed by atoms with van der Waals surface area (Å²) < 4.78 is 42.9. The third-order valence-electron chi connectivity index (χ3n) is 3.17. The van der Waals surface area contributed by atoms with Crippen LogP contribution in [0.4, 0.5) is 13.2 Å². The van der Waals surface area contributed by atoms with Crippen LogP contribution in [-0.4, -0.2) is 29.6 Å². The second-order valence-electron chi connectivity index (χ2n) is 5.05. The lowest BCUT2D eigenvalue weighted by molar-refractivity contribution is -0.0329. The molecule has 0 saturated heterocycles. The van der Waals surface area contributed by atoms with Gasteiger partial charge < -0.3 is 10.1 Å². The Bertz CT molecular complexity index is 786. The van der Waals surface area contributed by atoms with Crippen molar-refractivity contribution in [3.63, 3.8) is 0 Å². The summed E-state index contributed by atoms with van der Waals surface area (Å²) >= 11 is -0.406. The number of benzene rings is 1. The monoisotopic (exact) mass is 380 g/mol. The number of pyridine rings is 1. The number of amides is 1. The molecule has 136 valence electrons. The maximum Gasteiger partial charge on any atom is 0.447 e. The second-order valence-corrected chi connectivity index (χ2v) is 6.10. The van der Waals surface area contributed by atoms with Crippen LogP contribution < -0.4 is 10.1 Å². The first-order valence-electron chi connectivity index (χ1n) is 7.53. The molecule has 1 aromatic carbocycles. The second kappa shape index (κ2) is 9.15. The third kappa shape index (κ3) is 6.33. The Morgan fingerprint density at radius 2 is 2.00 bits per heavy atom. The number of carbonyl (C=O) groups is 1. The Morgan fingerprint density at radius 1 is 1.27 bits per heavy atom. The van der Waals surface area contributed by atoms with Crippen molar-refractivity contribution >= 4 is 17.7 Å². The third-order valence-corrected chi connectivity index (χ3v) is 3.92. The molecule has 0 aliphatic heterocycles. The quantitative estimate of drug-likeness (QED) is 0.588. The van der Waals surface area contributed by atoms with Crippen molar-refractivity contribution in [3.8, 4) is 18.1 Å². The lowest BCUT2D eigenvalue weighted by Crippen LogP contribution is -2.26. The highest BCUT2D eigenvalue weighted by molar-refractivity contribution is 8.00. The van der Waals surface area contributed by atoms with Gasteiger partial charge in [-0.25, -0.2) is 4.98 Å². The van der Waals surface area contributed by atoms with Gasteiger partial charge >= 0.3 is 5.51 Å². The molecule has 1 heterocycles. The molecular weight excluding hydrogens is 365 g/mol. The number of carbonyl (C=O) groups excluding carboxylic acids is 1. The Hall–Kier alpha value is -2.66. The van der Waals surface area contributed by atoms with E-state index >= 15 is 0 Å². The standard InChI is InChI=1S/C18H15F3N2O2S/c1-2-12-25-14-7-5-13(6-8-14)9-11-22-16(24)15-4-3-10-23-17(15)26-18(19,20)21/h1,3-8,10H,9,11-12H2,(H,22,24). The van der Waals surface area contributed by atoms with Crippen LogP contribution in [0.2, 0.25) is 0 Å². The van der Waals surface area contributed by atoms with Crippen LogP contribution in [0, 0.1) is 12.3 Å². The molecule has 26 heavy (non-hydrogen) atoms. The van der Waals surface area contributed by atoms with Crippen LogP contribution in [-0.2, 0) is 6.42 Å². The van der Waals surface area contributed by atoms with Crippen molar-refractivity contribution in [1.82, 2.24) is 10.3 Å². The van der Waals surface area contributed by atoms with Crippen LogP contribution >= 0.6 is 11.8 Å². The number of rotatable bonds is 7. The van der Waals surface area contributed by atoms with Gasteiger partial charge in [-0.2, -0.15) is 13.2 Å². The minimum Gasteiger partial charge on any atom is -0.481 e. The van der Waals surface area contributed by atoms with Gasteiger partial charge in [0.1, 0.15) is 17.4 Å². The summed E-state index contributed by atoms with van der Waals surface area (Å²) in [7, 11) is 0. The number of alkyl halides is 3. The van der Waals surface area contributed by atoms with E-state index in [1.807, 2.05) is 12.1 Å². The van der Waals surface area contributed by atoms with E-state index in [0.29, 0.717) is 12.2 Å². The molecule has 0 aliphatic rings. The molecule has 0 saturated carbocycles. The number of thioether (sulfide) groups is 1. The number of aromatic nitrogens is 1. The van der Waals surface area contributed by atoms with Gasteiger partial charge in [0.25, 0.3) is 5.91 Å². The fraction of sp³-hybridized carbons (Fsp3) is 0.222. The summed E-state index contributed by atoms with van der Waals surface area (Å²) in [5.41, 5.74) is -3.67. The number of ether oxygens (including phenoxy) is 1. The van der Waals surface area contributed by atoms with Gasteiger partial charge in [-0.1, -0.05) is 18.1 Å². The largest absolute Gasteiger partial charge is 0.481 e. The SMILES string of the molecule is C#CCOc1ccc(CCNC(=O)c2cccnc2SC(F)(F)F)cc1. The Kier molecular flexibility index (Phi) is 6.92. The molecule has 0 radical (unpaired) electrons. The molecule has 2 aromatic rings. The number of terminal acetylenes is 1. The van der Waals surface area contributed by atoms with Crippen molar-refractivity contribution in [3.05, 3.63) is 53.7 Å². The molecule has 0 bridgehead atoms. The van der Waals surface area contributed by atoms with Crippen LogP contribution in [0.1, 0.15) is 15.9 Å². The van der Waals surface area contributed by atoms with Crippen molar-refractivity contribution in [2.24, 2.45) is 0 Å². The first kappa shape index (κ1) is 19.7. The number of nitrogens with zero attached hydrogens (tertiary/aromatic N) is 1. The molecule has 1 N–H and O–H groups in total. The maximum atomic E-state index is 12.5. The lowest BCUT2D eigenvalue weighted by atomic mass is 10.1. The van der Waals surface area contributed by atoms with Gasteiger partial charge in [-0.05, 0) is 36.2 Å². The summed E-state index contributed by atoms with van der Waals surface area (Å²) in [4.78, 5) is 15.8. The molecule has 0 aliphatic carbocycles. The zero-order chi connectivity index (χ0) is 19.0. The van der Waals surface area contributed by atoms with Gasteiger partial charge in [0.15, 0.2) is 0 Å². The smallest absolute Gasteiger partial charge is 0.447 e. The number of hydrogen-bond acceptors (Lipinski definition) is 4. The summed E-state index contributed by atoms with van der Waals surface area (Å²) in [6.07, 6.45) is 6.84. The normalized spacial score (nSPS) is 10.8. The summed E-state index contributed by atoms with van der Waals surface area (Å²) in [6.45, 7) is 0.452.